The molecule has 16 heteroatoms. The summed E-state index contributed by atoms with van der Waals surface area (Å²) in [5, 5.41) is 18.6. The molecule has 3 aliphatic heterocycles. The minimum Gasteiger partial charge on any atom is -0.475 e. The molecule has 3 fully saturated rings. The van der Waals surface area contributed by atoms with Gasteiger partial charge in [0.1, 0.15) is 0 Å². The standard InChI is InChI=1S/C18H30N4O2.2C2HF3O2/c1-20-11-16(10-19-20)12-21-6-9-24-15-18(13-21)4-5-22(14-18)17-2-7-23-8-3-17;2*3-2(4,5)1(6)7/h10-11,17H,2-9,12-15H2,1H3;2*(H,6,7). The molecule has 0 amide bonds. The summed E-state index contributed by atoms with van der Waals surface area (Å²) in [5.74, 6) is -5.51. The summed E-state index contributed by atoms with van der Waals surface area (Å²) < 4.78 is 76.9. The number of aryl methyl sites for hydroxylation is 1. The number of carbonyl (C=O) groups is 2. The Morgan fingerprint density at radius 2 is 1.58 bits per heavy atom. The van der Waals surface area contributed by atoms with Crippen molar-refractivity contribution in [1.29, 1.82) is 0 Å². The molecule has 3 aliphatic rings. The second kappa shape index (κ2) is 13.6. The Morgan fingerprint density at radius 3 is 2.08 bits per heavy atom. The summed E-state index contributed by atoms with van der Waals surface area (Å²) in [6.45, 7) is 9.16. The molecule has 1 aromatic heterocycles. The number of rotatable bonds is 3. The van der Waals surface area contributed by atoms with Crippen molar-refractivity contribution in [3.63, 3.8) is 0 Å². The minimum atomic E-state index is -5.08. The van der Waals surface area contributed by atoms with Crippen LogP contribution in [0.5, 0.6) is 0 Å². The van der Waals surface area contributed by atoms with E-state index in [1.54, 1.807) is 0 Å². The van der Waals surface area contributed by atoms with Gasteiger partial charge in [0, 0.05) is 69.7 Å². The Bertz CT molecular complexity index is 882. The smallest absolute Gasteiger partial charge is 0.475 e. The average molecular weight is 563 g/mol. The molecule has 218 valence electrons. The van der Waals surface area contributed by atoms with Crippen LogP contribution in [0.2, 0.25) is 0 Å². The van der Waals surface area contributed by atoms with Crippen LogP contribution in [0.25, 0.3) is 0 Å². The van der Waals surface area contributed by atoms with Crippen molar-refractivity contribution in [2.24, 2.45) is 12.5 Å². The van der Waals surface area contributed by atoms with Crippen LogP contribution in [-0.2, 0) is 32.7 Å². The molecule has 0 saturated carbocycles. The van der Waals surface area contributed by atoms with Gasteiger partial charge in [0.25, 0.3) is 0 Å². The van der Waals surface area contributed by atoms with Crippen molar-refractivity contribution < 1.29 is 55.6 Å². The van der Waals surface area contributed by atoms with Gasteiger partial charge in [0.2, 0.25) is 0 Å². The van der Waals surface area contributed by atoms with Crippen molar-refractivity contribution in [3.8, 4) is 0 Å². The molecular formula is C22H32F6N4O6. The molecule has 0 bridgehead atoms. The van der Waals surface area contributed by atoms with E-state index in [0.29, 0.717) is 11.5 Å². The molecule has 38 heavy (non-hydrogen) atoms. The number of likely N-dealkylation sites (tertiary alicyclic amines) is 1. The van der Waals surface area contributed by atoms with Crippen LogP contribution in [0.15, 0.2) is 12.4 Å². The van der Waals surface area contributed by atoms with E-state index in [0.717, 1.165) is 46.1 Å². The zero-order valence-electron chi connectivity index (χ0n) is 20.8. The Labute approximate surface area is 215 Å². The van der Waals surface area contributed by atoms with E-state index in [-0.39, 0.29) is 0 Å². The summed E-state index contributed by atoms with van der Waals surface area (Å²) in [6, 6.07) is 0.716. The number of alkyl halides is 6. The number of carboxylic acid groups (broad SMARTS) is 2. The van der Waals surface area contributed by atoms with Crippen LogP contribution in [0, 0.1) is 5.41 Å². The largest absolute Gasteiger partial charge is 0.490 e. The zero-order chi connectivity index (χ0) is 28.6. The summed E-state index contributed by atoms with van der Waals surface area (Å²) in [6.07, 6.45) is -2.41. The highest BCUT2D eigenvalue weighted by Gasteiger charge is 2.43. The number of aromatic nitrogens is 2. The lowest BCUT2D eigenvalue weighted by Crippen LogP contribution is -2.43. The van der Waals surface area contributed by atoms with Crippen LogP contribution >= 0.6 is 0 Å². The summed E-state index contributed by atoms with van der Waals surface area (Å²) >= 11 is 0. The number of hydrogen-bond acceptors (Lipinski definition) is 7. The van der Waals surface area contributed by atoms with Gasteiger partial charge < -0.3 is 19.7 Å². The third kappa shape index (κ3) is 10.4. The van der Waals surface area contributed by atoms with Gasteiger partial charge in [-0.2, -0.15) is 31.4 Å². The van der Waals surface area contributed by atoms with E-state index in [1.807, 2.05) is 17.9 Å². The Balaban J connectivity index is 0.000000301. The van der Waals surface area contributed by atoms with Crippen molar-refractivity contribution in [3.05, 3.63) is 18.0 Å². The molecular weight excluding hydrogens is 530 g/mol. The molecule has 4 heterocycles. The average Bonchev–Trinajstić information content (AvgIpc) is 3.37. The maximum atomic E-state index is 10.6. The molecule has 1 spiro atoms. The van der Waals surface area contributed by atoms with Gasteiger partial charge in [0.05, 0.1) is 19.4 Å². The van der Waals surface area contributed by atoms with E-state index in [1.165, 1.54) is 37.9 Å². The van der Waals surface area contributed by atoms with E-state index in [4.69, 9.17) is 29.3 Å². The zero-order valence-corrected chi connectivity index (χ0v) is 20.8. The molecule has 4 rings (SSSR count). The first-order chi connectivity index (χ1) is 17.6. The number of halogens is 6. The van der Waals surface area contributed by atoms with E-state index >= 15 is 0 Å². The van der Waals surface area contributed by atoms with Crippen LogP contribution < -0.4 is 0 Å². The topological polar surface area (TPSA) is 117 Å². The normalized spacial score (nSPS) is 23.7. The lowest BCUT2D eigenvalue weighted by atomic mass is 9.87. The first kappa shape index (κ1) is 31.8. The van der Waals surface area contributed by atoms with Gasteiger partial charge in [0.15, 0.2) is 0 Å². The van der Waals surface area contributed by atoms with Crippen molar-refractivity contribution >= 4 is 11.9 Å². The highest BCUT2D eigenvalue weighted by atomic mass is 19.4. The predicted molar refractivity (Wildman–Crippen MR) is 119 cm³/mol. The molecule has 3 saturated heterocycles. The first-order valence-corrected chi connectivity index (χ1v) is 11.8. The van der Waals surface area contributed by atoms with Crippen LogP contribution in [0.3, 0.4) is 0 Å². The second-order valence-corrected chi connectivity index (χ2v) is 9.46. The molecule has 1 atom stereocenters. The minimum absolute atomic E-state index is 0.303. The number of carboxylic acids is 2. The van der Waals surface area contributed by atoms with Gasteiger partial charge in [-0.15, -0.1) is 0 Å². The van der Waals surface area contributed by atoms with Crippen LogP contribution in [-0.4, -0.2) is 113 Å². The third-order valence-corrected chi connectivity index (χ3v) is 6.34. The molecule has 10 nitrogen and oxygen atoms in total. The lowest BCUT2D eigenvalue weighted by molar-refractivity contribution is -0.193. The third-order valence-electron chi connectivity index (χ3n) is 6.34. The number of ether oxygens (including phenoxy) is 2. The first-order valence-electron chi connectivity index (χ1n) is 11.8. The number of aliphatic carboxylic acids is 2. The van der Waals surface area contributed by atoms with E-state index < -0.39 is 24.3 Å². The van der Waals surface area contributed by atoms with Gasteiger partial charge in [-0.25, -0.2) is 9.59 Å². The SMILES string of the molecule is Cn1cc(CN2CCOCC3(CCN(C4CCOCC4)C3)C2)cn1.O=C(O)C(F)(F)F.O=C(O)C(F)(F)F. The molecule has 2 N–H and O–H groups in total. The predicted octanol–water partition coefficient (Wildman–Crippen LogP) is 2.39. The Hall–Kier alpha value is -2.43. The molecule has 1 unspecified atom stereocenters. The summed E-state index contributed by atoms with van der Waals surface area (Å²) in [5.41, 5.74) is 1.60. The summed E-state index contributed by atoms with van der Waals surface area (Å²) in [7, 11) is 1.99. The molecule has 1 aromatic rings. The van der Waals surface area contributed by atoms with Crippen molar-refractivity contribution in [2.45, 2.75) is 44.2 Å². The van der Waals surface area contributed by atoms with E-state index in [2.05, 4.69) is 21.1 Å². The van der Waals surface area contributed by atoms with Crippen LogP contribution in [0.1, 0.15) is 24.8 Å². The van der Waals surface area contributed by atoms with Gasteiger partial charge in [-0.05, 0) is 25.8 Å². The monoisotopic (exact) mass is 562 g/mol. The second-order valence-electron chi connectivity index (χ2n) is 9.46. The van der Waals surface area contributed by atoms with Crippen LogP contribution in [0.4, 0.5) is 26.3 Å². The highest BCUT2D eigenvalue weighted by molar-refractivity contribution is 5.73. The van der Waals surface area contributed by atoms with E-state index in [9.17, 15) is 26.3 Å². The van der Waals surface area contributed by atoms with Gasteiger partial charge >= 0.3 is 24.3 Å². The maximum absolute atomic E-state index is 10.6. The number of hydrogen-bond donors (Lipinski definition) is 2. The fourth-order valence-corrected chi connectivity index (χ4v) is 4.61. The Morgan fingerprint density at radius 1 is 1.00 bits per heavy atom. The lowest BCUT2D eigenvalue weighted by Gasteiger charge is -2.35. The fraction of sp³-hybridized carbons (Fsp3) is 0.773. The Kier molecular flexibility index (Phi) is 11.4. The van der Waals surface area contributed by atoms with Gasteiger partial charge in [-0.3, -0.25) is 14.5 Å². The molecule has 0 aromatic carbocycles. The fourth-order valence-electron chi connectivity index (χ4n) is 4.61. The highest BCUT2D eigenvalue weighted by Crippen LogP contribution is 2.36. The molecule has 0 aliphatic carbocycles. The molecule has 0 radical (unpaired) electrons. The quantitative estimate of drug-likeness (QED) is 0.536. The van der Waals surface area contributed by atoms with Gasteiger partial charge in [-0.1, -0.05) is 0 Å². The van der Waals surface area contributed by atoms with Crippen molar-refractivity contribution in [1.82, 2.24) is 19.6 Å². The maximum Gasteiger partial charge on any atom is 0.490 e. The number of nitrogens with zero attached hydrogens (tertiary/aromatic N) is 4. The van der Waals surface area contributed by atoms with Crippen molar-refractivity contribution in [2.75, 3.05) is 52.6 Å². The summed E-state index contributed by atoms with van der Waals surface area (Å²) in [4.78, 5) is 23.1.